The van der Waals surface area contributed by atoms with Gasteiger partial charge >= 0.3 is 0 Å². The number of carbonyl (C=O) groups excluding carboxylic acids is 1. The van der Waals surface area contributed by atoms with Crippen molar-refractivity contribution >= 4 is 23.1 Å². The first-order valence-corrected chi connectivity index (χ1v) is 11.3. The molecule has 6 nitrogen and oxygen atoms in total. The Kier molecular flexibility index (Phi) is 9.72. The van der Waals surface area contributed by atoms with Gasteiger partial charge in [-0.05, 0) is 54.1 Å². The number of ether oxygens (including phenoxy) is 2. The van der Waals surface area contributed by atoms with E-state index in [0.29, 0.717) is 54.8 Å². The van der Waals surface area contributed by atoms with E-state index in [-0.39, 0.29) is 19.0 Å². The molecule has 7 heteroatoms. The average molecular weight is 470 g/mol. The van der Waals surface area contributed by atoms with Crippen LogP contribution in [-0.4, -0.2) is 54.8 Å². The third-order valence-electron chi connectivity index (χ3n) is 5.00. The summed E-state index contributed by atoms with van der Waals surface area (Å²) < 4.78 is 11.3. The Morgan fingerprint density at radius 2 is 1.30 bits per heavy atom. The number of halogens is 1. The Morgan fingerprint density at radius 1 is 0.788 bits per heavy atom. The zero-order valence-electron chi connectivity index (χ0n) is 18.3. The van der Waals surface area contributed by atoms with Crippen molar-refractivity contribution in [2.24, 2.45) is 0 Å². The normalized spacial score (nSPS) is 10.8. The first-order valence-electron chi connectivity index (χ1n) is 10.8. The number of benzene rings is 3. The molecule has 0 unspecified atom stereocenters. The summed E-state index contributed by atoms with van der Waals surface area (Å²) >= 11 is 5.60. The number of aliphatic hydroxyl groups is 2. The molecule has 174 valence electrons. The minimum Gasteiger partial charge on any atom is -0.457 e. The topological polar surface area (TPSA) is 79.2 Å². The summed E-state index contributed by atoms with van der Waals surface area (Å²) in [6, 6.07) is 21.8. The lowest BCUT2D eigenvalue weighted by Crippen LogP contribution is -2.29. The molecule has 3 aromatic carbocycles. The number of hydrogen-bond donors (Lipinski definition) is 2. The zero-order chi connectivity index (χ0) is 23.5. The highest BCUT2D eigenvalue weighted by Gasteiger charge is 2.10. The number of carbonyl (C=O) groups is 1. The molecule has 0 spiro atoms. The molecule has 0 aliphatic heterocycles. The van der Waals surface area contributed by atoms with Crippen LogP contribution in [0.15, 0.2) is 72.8 Å². The third-order valence-corrected chi connectivity index (χ3v) is 5.15. The van der Waals surface area contributed by atoms with E-state index in [1.807, 2.05) is 41.3 Å². The molecule has 0 saturated carbocycles. The predicted molar refractivity (Wildman–Crippen MR) is 130 cm³/mol. The molecule has 3 rings (SSSR count). The minimum absolute atomic E-state index is 0.0104. The van der Waals surface area contributed by atoms with Crippen LogP contribution in [0.3, 0.4) is 0 Å². The maximum Gasteiger partial charge on any atom is 0.193 e. The molecule has 0 radical (unpaired) electrons. The Bertz CT molecular complexity index is 985. The van der Waals surface area contributed by atoms with Crippen LogP contribution in [0.25, 0.3) is 0 Å². The maximum absolute atomic E-state index is 12.8. The second-order valence-corrected chi connectivity index (χ2v) is 7.70. The average Bonchev–Trinajstić information content (AvgIpc) is 2.85. The molecule has 2 N–H and O–H groups in total. The second kappa shape index (κ2) is 13.0. The minimum atomic E-state index is -0.0630. The Morgan fingerprint density at radius 3 is 1.82 bits per heavy atom. The highest BCUT2D eigenvalue weighted by atomic mass is 35.5. The number of alkyl halides is 1. The van der Waals surface area contributed by atoms with Gasteiger partial charge in [0.15, 0.2) is 5.78 Å². The van der Waals surface area contributed by atoms with Crippen molar-refractivity contribution in [1.29, 1.82) is 0 Å². The fraction of sp³-hybridized carbons (Fsp3) is 0.269. The van der Waals surface area contributed by atoms with Gasteiger partial charge in [0.05, 0.1) is 26.4 Å². The van der Waals surface area contributed by atoms with Crippen LogP contribution in [0.4, 0.5) is 5.69 Å². The molecular formula is C26H28ClNO5. The summed E-state index contributed by atoms with van der Waals surface area (Å²) in [5.74, 6) is 1.66. The van der Waals surface area contributed by atoms with Gasteiger partial charge in [-0.1, -0.05) is 24.3 Å². The second-order valence-electron chi connectivity index (χ2n) is 7.32. The van der Waals surface area contributed by atoms with Crippen molar-refractivity contribution in [2.75, 3.05) is 43.7 Å². The van der Waals surface area contributed by atoms with Crippen molar-refractivity contribution in [1.82, 2.24) is 0 Å². The first-order chi connectivity index (χ1) is 16.1. The lowest BCUT2D eigenvalue weighted by Gasteiger charge is -2.23. The van der Waals surface area contributed by atoms with Crippen molar-refractivity contribution in [2.45, 2.75) is 6.61 Å². The van der Waals surface area contributed by atoms with E-state index >= 15 is 0 Å². The number of ketones is 1. The number of rotatable bonds is 13. The Balaban J connectivity index is 1.60. The van der Waals surface area contributed by atoms with Crippen LogP contribution in [0.1, 0.15) is 21.5 Å². The fourth-order valence-electron chi connectivity index (χ4n) is 3.31. The van der Waals surface area contributed by atoms with Crippen LogP contribution < -0.4 is 9.64 Å². The molecule has 0 aromatic heterocycles. The van der Waals surface area contributed by atoms with E-state index in [1.165, 1.54) is 0 Å². The molecule has 0 aliphatic carbocycles. The lowest BCUT2D eigenvalue weighted by atomic mass is 10.0. The highest BCUT2D eigenvalue weighted by Crippen LogP contribution is 2.25. The van der Waals surface area contributed by atoms with E-state index in [2.05, 4.69) is 0 Å². The van der Waals surface area contributed by atoms with Gasteiger partial charge in [-0.15, -0.1) is 11.6 Å². The number of hydrogen-bond acceptors (Lipinski definition) is 6. The summed E-state index contributed by atoms with van der Waals surface area (Å²) in [5, 5.41) is 18.4. The van der Waals surface area contributed by atoms with Crippen molar-refractivity contribution in [3.05, 3.63) is 89.5 Å². The van der Waals surface area contributed by atoms with Crippen LogP contribution >= 0.6 is 11.6 Å². The van der Waals surface area contributed by atoms with Gasteiger partial charge in [0, 0.05) is 35.8 Å². The van der Waals surface area contributed by atoms with Crippen LogP contribution in [0, 0.1) is 0 Å². The van der Waals surface area contributed by atoms with E-state index in [0.717, 1.165) is 11.3 Å². The fourth-order valence-corrected chi connectivity index (χ4v) is 3.42. The monoisotopic (exact) mass is 469 g/mol. The van der Waals surface area contributed by atoms with E-state index in [1.54, 1.807) is 36.4 Å². The van der Waals surface area contributed by atoms with Gasteiger partial charge in [0.1, 0.15) is 11.5 Å². The molecule has 0 aliphatic rings. The van der Waals surface area contributed by atoms with Crippen molar-refractivity contribution in [3.8, 4) is 11.5 Å². The Hall–Kier alpha value is -2.90. The Labute approximate surface area is 199 Å². The van der Waals surface area contributed by atoms with E-state index in [9.17, 15) is 15.0 Å². The predicted octanol–water partition coefficient (Wildman–Crippen LogP) is 4.26. The molecule has 0 atom stereocenters. The smallest absolute Gasteiger partial charge is 0.193 e. The number of nitrogens with zero attached hydrogens (tertiary/aromatic N) is 1. The SMILES string of the molecule is O=C(c1ccc(COCCCl)cc1)c1ccc(Oc2ccc(N(CCO)CCO)cc2)cc1. The van der Waals surface area contributed by atoms with Gasteiger partial charge in [-0.2, -0.15) is 0 Å². The summed E-state index contributed by atoms with van der Waals surface area (Å²) in [6.07, 6.45) is 0. The quantitative estimate of drug-likeness (QED) is 0.221. The summed E-state index contributed by atoms with van der Waals surface area (Å²) in [7, 11) is 0. The molecule has 3 aromatic rings. The van der Waals surface area contributed by atoms with Gasteiger partial charge in [-0.25, -0.2) is 0 Å². The maximum atomic E-state index is 12.8. The van der Waals surface area contributed by atoms with Crippen molar-refractivity contribution < 1.29 is 24.5 Å². The first kappa shape index (κ1) is 24.7. The highest BCUT2D eigenvalue weighted by molar-refractivity contribution is 6.17. The standard InChI is InChI=1S/C26H28ClNO5/c27-13-18-32-19-20-1-3-21(4-2-20)26(31)22-5-9-24(10-6-22)33-25-11-7-23(8-12-25)28(14-16-29)15-17-30/h1-12,29-30H,13-19H2. The van der Waals surface area contributed by atoms with Gasteiger partial charge in [0.2, 0.25) is 0 Å². The largest absolute Gasteiger partial charge is 0.457 e. The van der Waals surface area contributed by atoms with E-state index < -0.39 is 0 Å². The molecule has 0 bridgehead atoms. The number of aliphatic hydroxyl groups excluding tert-OH is 2. The zero-order valence-corrected chi connectivity index (χ0v) is 19.1. The summed E-state index contributed by atoms with van der Waals surface area (Å²) in [5.41, 5.74) is 3.06. The van der Waals surface area contributed by atoms with Gasteiger partial charge in [-0.3, -0.25) is 4.79 Å². The lowest BCUT2D eigenvalue weighted by molar-refractivity contribution is 0.103. The number of anilines is 1. The van der Waals surface area contributed by atoms with Crippen molar-refractivity contribution in [3.63, 3.8) is 0 Å². The van der Waals surface area contributed by atoms with Crippen LogP contribution in [0.5, 0.6) is 11.5 Å². The molecule has 0 saturated heterocycles. The summed E-state index contributed by atoms with van der Waals surface area (Å²) in [6.45, 7) is 1.87. The molecule has 0 heterocycles. The third kappa shape index (κ3) is 7.30. The van der Waals surface area contributed by atoms with E-state index in [4.69, 9.17) is 21.1 Å². The van der Waals surface area contributed by atoms with Gasteiger partial charge < -0.3 is 24.6 Å². The van der Waals surface area contributed by atoms with Crippen LogP contribution in [-0.2, 0) is 11.3 Å². The summed E-state index contributed by atoms with van der Waals surface area (Å²) in [4.78, 5) is 14.7. The molecule has 0 amide bonds. The molecular weight excluding hydrogens is 442 g/mol. The molecule has 0 fully saturated rings. The van der Waals surface area contributed by atoms with Crippen LogP contribution in [0.2, 0.25) is 0 Å². The molecule has 33 heavy (non-hydrogen) atoms. The van der Waals surface area contributed by atoms with Gasteiger partial charge in [0.25, 0.3) is 0 Å².